The van der Waals surface area contributed by atoms with Gasteiger partial charge in [0.1, 0.15) is 17.8 Å². The third-order valence-electron chi connectivity index (χ3n) is 2.34. The van der Waals surface area contributed by atoms with Crippen LogP contribution in [0, 0.1) is 0 Å². The molecule has 1 aromatic heterocycles. The number of hydrogen-bond donors (Lipinski definition) is 1. The Hall–Kier alpha value is -1.30. The van der Waals surface area contributed by atoms with E-state index >= 15 is 0 Å². The van der Waals surface area contributed by atoms with Crippen molar-refractivity contribution in [2.75, 3.05) is 31.1 Å². The van der Waals surface area contributed by atoms with Crippen molar-refractivity contribution in [3.05, 3.63) is 18.1 Å². The van der Waals surface area contributed by atoms with Gasteiger partial charge in [-0.05, 0) is 0 Å². The maximum absolute atomic E-state index is 12.4. The summed E-state index contributed by atoms with van der Waals surface area (Å²) >= 11 is 0. The molecule has 15 heavy (non-hydrogen) atoms. The van der Waals surface area contributed by atoms with Gasteiger partial charge >= 0.3 is 0 Å². The number of alkyl halides is 2. The second-order valence-electron chi connectivity index (χ2n) is 3.34. The molecule has 0 spiro atoms. The number of anilines is 1. The summed E-state index contributed by atoms with van der Waals surface area (Å²) in [6.07, 6.45) is -1.34. The smallest absolute Gasteiger partial charge is 0.280 e. The Morgan fingerprint density at radius 3 is 2.67 bits per heavy atom. The minimum absolute atomic E-state index is 0.210. The predicted octanol–water partition coefficient (Wildman–Crippen LogP) is 0.824. The minimum Gasteiger partial charge on any atom is -0.354 e. The Balaban J connectivity index is 2.16. The summed E-state index contributed by atoms with van der Waals surface area (Å²) in [4.78, 5) is 9.51. The Morgan fingerprint density at radius 2 is 2.00 bits per heavy atom. The maximum Gasteiger partial charge on any atom is 0.280 e. The second-order valence-corrected chi connectivity index (χ2v) is 3.34. The van der Waals surface area contributed by atoms with Gasteiger partial charge in [-0.25, -0.2) is 18.7 Å². The first-order valence-electron chi connectivity index (χ1n) is 4.83. The number of hydrogen-bond acceptors (Lipinski definition) is 4. The Morgan fingerprint density at radius 1 is 1.27 bits per heavy atom. The van der Waals surface area contributed by atoms with Crippen LogP contribution in [0.15, 0.2) is 12.4 Å². The van der Waals surface area contributed by atoms with Crippen LogP contribution >= 0.6 is 0 Å². The lowest BCUT2D eigenvalue weighted by atomic mass is 10.3. The van der Waals surface area contributed by atoms with Crippen LogP contribution < -0.4 is 10.2 Å². The van der Waals surface area contributed by atoms with Crippen molar-refractivity contribution in [1.29, 1.82) is 0 Å². The number of rotatable bonds is 2. The zero-order chi connectivity index (χ0) is 10.7. The van der Waals surface area contributed by atoms with Gasteiger partial charge in [-0.1, -0.05) is 0 Å². The van der Waals surface area contributed by atoms with Crippen LogP contribution in [-0.4, -0.2) is 36.1 Å². The van der Waals surface area contributed by atoms with E-state index in [2.05, 4.69) is 15.3 Å². The van der Waals surface area contributed by atoms with Gasteiger partial charge in [0, 0.05) is 32.2 Å². The average molecular weight is 214 g/mol. The minimum atomic E-state index is -2.53. The van der Waals surface area contributed by atoms with Crippen LogP contribution in [0.4, 0.5) is 14.6 Å². The lowest BCUT2D eigenvalue weighted by Gasteiger charge is -2.28. The molecule has 1 aromatic rings. The van der Waals surface area contributed by atoms with E-state index in [1.165, 1.54) is 12.4 Å². The molecule has 82 valence electrons. The first kappa shape index (κ1) is 10.2. The predicted molar refractivity (Wildman–Crippen MR) is 52.1 cm³/mol. The molecule has 0 aliphatic carbocycles. The van der Waals surface area contributed by atoms with Crippen molar-refractivity contribution in [3.8, 4) is 0 Å². The maximum atomic E-state index is 12.4. The molecule has 1 fully saturated rings. The van der Waals surface area contributed by atoms with Crippen LogP contribution in [0.25, 0.3) is 0 Å². The Labute approximate surface area is 86.3 Å². The summed E-state index contributed by atoms with van der Waals surface area (Å²) in [5, 5.41) is 3.19. The average Bonchev–Trinajstić information content (AvgIpc) is 2.30. The van der Waals surface area contributed by atoms with E-state index in [9.17, 15) is 8.78 Å². The molecule has 2 rings (SSSR count). The quantitative estimate of drug-likeness (QED) is 0.791. The number of halogens is 2. The fourth-order valence-corrected chi connectivity index (χ4v) is 1.55. The summed E-state index contributed by atoms with van der Waals surface area (Å²) in [5.41, 5.74) is -0.210. The topological polar surface area (TPSA) is 41.0 Å². The molecular formula is C9H12F2N4. The molecule has 1 N–H and O–H groups in total. The zero-order valence-electron chi connectivity index (χ0n) is 8.16. The first-order valence-corrected chi connectivity index (χ1v) is 4.83. The lowest BCUT2D eigenvalue weighted by molar-refractivity contribution is 0.146. The number of nitrogens with zero attached hydrogens (tertiary/aromatic N) is 3. The van der Waals surface area contributed by atoms with E-state index in [1.54, 1.807) is 0 Å². The number of nitrogens with one attached hydrogen (secondary N) is 1. The van der Waals surface area contributed by atoms with E-state index in [0.717, 1.165) is 26.2 Å². The molecule has 0 radical (unpaired) electrons. The zero-order valence-corrected chi connectivity index (χ0v) is 8.16. The van der Waals surface area contributed by atoms with Crippen LogP contribution in [0.3, 0.4) is 0 Å². The highest BCUT2D eigenvalue weighted by Crippen LogP contribution is 2.19. The van der Waals surface area contributed by atoms with E-state index in [0.29, 0.717) is 5.82 Å². The molecule has 4 nitrogen and oxygen atoms in total. The molecule has 2 heterocycles. The molecule has 6 heteroatoms. The Kier molecular flexibility index (Phi) is 3.05. The van der Waals surface area contributed by atoms with Crippen molar-refractivity contribution in [3.63, 3.8) is 0 Å². The summed E-state index contributed by atoms with van der Waals surface area (Å²) < 4.78 is 24.8. The SMILES string of the molecule is FC(F)c1cc(N2CCNCC2)ncn1. The fraction of sp³-hybridized carbons (Fsp3) is 0.556. The van der Waals surface area contributed by atoms with Crippen molar-refractivity contribution < 1.29 is 8.78 Å². The van der Waals surface area contributed by atoms with Gasteiger partial charge in [0.2, 0.25) is 0 Å². The fourth-order valence-electron chi connectivity index (χ4n) is 1.55. The van der Waals surface area contributed by atoms with Gasteiger partial charge < -0.3 is 10.2 Å². The summed E-state index contributed by atoms with van der Waals surface area (Å²) in [6, 6.07) is 1.36. The van der Waals surface area contributed by atoms with Crippen LogP contribution in [-0.2, 0) is 0 Å². The van der Waals surface area contributed by atoms with Gasteiger partial charge in [0.05, 0.1) is 0 Å². The molecular weight excluding hydrogens is 202 g/mol. The highest BCUT2D eigenvalue weighted by Gasteiger charge is 2.15. The molecule has 0 bridgehead atoms. The second kappa shape index (κ2) is 4.48. The van der Waals surface area contributed by atoms with Crippen molar-refractivity contribution >= 4 is 5.82 Å². The van der Waals surface area contributed by atoms with E-state index in [1.807, 2.05) is 4.90 Å². The van der Waals surface area contributed by atoms with Gasteiger partial charge in [-0.3, -0.25) is 0 Å². The highest BCUT2D eigenvalue weighted by atomic mass is 19.3. The van der Waals surface area contributed by atoms with Gasteiger partial charge in [-0.15, -0.1) is 0 Å². The molecule has 1 saturated heterocycles. The van der Waals surface area contributed by atoms with Crippen molar-refractivity contribution in [1.82, 2.24) is 15.3 Å². The van der Waals surface area contributed by atoms with Crippen molar-refractivity contribution in [2.24, 2.45) is 0 Å². The third-order valence-corrected chi connectivity index (χ3v) is 2.34. The van der Waals surface area contributed by atoms with E-state index in [-0.39, 0.29) is 5.69 Å². The largest absolute Gasteiger partial charge is 0.354 e. The first-order chi connectivity index (χ1) is 7.27. The summed E-state index contributed by atoms with van der Waals surface area (Å²) in [5.74, 6) is 0.585. The van der Waals surface area contributed by atoms with E-state index < -0.39 is 6.43 Å². The molecule has 0 amide bonds. The summed E-state index contributed by atoms with van der Waals surface area (Å²) in [6.45, 7) is 3.29. The standard InChI is InChI=1S/C9H12F2N4/c10-9(11)7-5-8(14-6-13-7)15-3-1-12-2-4-15/h5-6,9,12H,1-4H2. The molecule has 1 aliphatic rings. The Bertz CT molecular complexity index is 326. The molecule has 0 atom stereocenters. The number of aromatic nitrogens is 2. The highest BCUT2D eigenvalue weighted by molar-refractivity contribution is 5.39. The molecule has 0 aromatic carbocycles. The van der Waals surface area contributed by atoms with E-state index in [4.69, 9.17) is 0 Å². The van der Waals surface area contributed by atoms with Crippen LogP contribution in [0.2, 0.25) is 0 Å². The summed E-state index contributed by atoms with van der Waals surface area (Å²) in [7, 11) is 0. The molecule has 0 unspecified atom stereocenters. The van der Waals surface area contributed by atoms with Gasteiger partial charge in [-0.2, -0.15) is 0 Å². The van der Waals surface area contributed by atoms with Crippen LogP contribution in [0.1, 0.15) is 12.1 Å². The monoisotopic (exact) mass is 214 g/mol. The van der Waals surface area contributed by atoms with Crippen LogP contribution in [0.5, 0.6) is 0 Å². The third kappa shape index (κ3) is 2.38. The molecule has 1 aliphatic heterocycles. The van der Waals surface area contributed by atoms with Gasteiger partial charge in [0.15, 0.2) is 0 Å². The normalized spacial score (nSPS) is 17.1. The number of piperazine rings is 1. The van der Waals surface area contributed by atoms with Crippen molar-refractivity contribution in [2.45, 2.75) is 6.43 Å². The molecule has 0 saturated carbocycles. The van der Waals surface area contributed by atoms with Gasteiger partial charge in [0.25, 0.3) is 6.43 Å². The lowest BCUT2D eigenvalue weighted by Crippen LogP contribution is -2.43.